The van der Waals surface area contributed by atoms with Crippen LogP contribution in [0.15, 0.2) is 30.3 Å². The molecule has 0 heterocycles. The van der Waals surface area contributed by atoms with Gasteiger partial charge in [0.05, 0.1) is 53.6 Å². The largest absolute Gasteiger partial charge is 0.493 e. The molecule has 0 radical (unpaired) electrons. The molecule has 2 rings (SSSR count). The maximum absolute atomic E-state index is 13.3. The zero-order chi connectivity index (χ0) is 25.1. The second-order valence-corrected chi connectivity index (χ2v) is 7.02. The minimum atomic E-state index is -0.683. The van der Waals surface area contributed by atoms with Crippen molar-refractivity contribution in [3.05, 3.63) is 41.5 Å². The number of nitrogens with one attached hydrogen (secondary N) is 1. The Bertz CT molecular complexity index is 948. The minimum absolute atomic E-state index is 0.0780. The molecule has 0 spiro atoms. The molecule has 0 saturated carbocycles. The normalized spacial score (nSPS) is 11.2. The van der Waals surface area contributed by atoms with Crippen molar-refractivity contribution in [3.8, 4) is 28.7 Å². The number of carbonyl (C=O) groups is 2. The third-order valence-corrected chi connectivity index (χ3v) is 4.89. The molecule has 9 nitrogen and oxygen atoms in total. The van der Waals surface area contributed by atoms with Gasteiger partial charge in [0.15, 0.2) is 23.0 Å². The summed E-state index contributed by atoms with van der Waals surface area (Å²) in [6.07, 6.45) is -0.0780. The number of hydrogen-bond donors (Lipinski definition) is 1. The van der Waals surface area contributed by atoms with E-state index in [9.17, 15) is 9.59 Å². The molecule has 0 bridgehead atoms. The van der Waals surface area contributed by atoms with E-state index < -0.39 is 17.9 Å². The van der Waals surface area contributed by atoms with Crippen LogP contribution in [-0.2, 0) is 9.53 Å². The van der Waals surface area contributed by atoms with E-state index >= 15 is 0 Å². The topological polar surface area (TPSA) is 102 Å². The number of methoxy groups -OCH3 is 3. The lowest BCUT2D eigenvalue weighted by molar-refractivity contribution is -0.141. The summed E-state index contributed by atoms with van der Waals surface area (Å²) in [4.78, 5) is 25.4. The molecule has 0 fully saturated rings. The third kappa shape index (κ3) is 6.69. The van der Waals surface area contributed by atoms with E-state index in [0.717, 1.165) is 0 Å². The molecule has 0 saturated heterocycles. The van der Waals surface area contributed by atoms with Crippen molar-refractivity contribution in [2.24, 2.45) is 0 Å². The van der Waals surface area contributed by atoms with Crippen molar-refractivity contribution in [3.63, 3.8) is 0 Å². The molecule has 1 unspecified atom stereocenters. The van der Waals surface area contributed by atoms with Gasteiger partial charge in [-0.3, -0.25) is 9.59 Å². The zero-order valence-corrected chi connectivity index (χ0v) is 20.6. The van der Waals surface area contributed by atoms with Gasteiger partial charge in [0.2, 0.25) is 5.75 Å². The van der Waals surface area contributed by atoms with Gasteiger partial charge in [0, 0.05) is 5.56 Å². The molecular weight excluding hydrogens is 442 g/mol. The van der Waals surface area contributed by atoms with E-state index in [1.807, 2.05) is 20.8 Å². The van der Waals surface area contributed by atoms with Crippen molar-refractivity contribution in [2.75, 3.05) is 41.2 Å². The van der Waals surface area contributed by atoms with Crippen LogP contribution in [0.1, 0.15) is 49.2 Å². The summed E-state index contributed by atoms with van der Waals surface area (Å²) in [5.41, 5.74) is 0.947. The van der Waals surface area contributed by atoms with E-state index in [-0.39, 0.29) is 6.42 Å². The van der Waals surface area contributed by atoms with E-state index in [2.05, 4.69) is 5.32 Å². The Balaban J connectivity index is 2.45. The van der Waals surface area contributed by atoms with Crippen LogP contribution >= 0.6 is 0 Å². The molecule has 1 N–H and O–H groups in total. The highest BCUT2D eigenvalue weighted by Crippen LogP contribution is 2.39. The summed E-state index contributed by atoms with van der Waals surface area (Å²) >= 11 is 0. The molecule has 0 aliphatic rings. The van der Waals surface area contributed by atoms with E-state index in [0.29, 0.717) is 59.7 Å². The van der Waals surface area contributed by atoms with Gasteiger partial charge < -0.3 is 33.7 Å². The van der Waals surface area contributed by atoms with Gasteiger partial charge >= 0.3 is 5.97 Å². The average Bonchev–Trinajstić information content (AvgIpc) is 2.84. The molecular formula is C25H33NO8. The summed E-state index contributed by atoms with van der Waals surface area (Å²) in [6.45, 7) is 6.71. The van der Waals surface area contributed by atoms with Gasteiger partial charge in [-0.25, -0.2) is 0 Å². The Morgan fingerprint density at radius 1 is 0.794 bits per heavy atom. The second-order valence-electron chi connectivity index (χ2n) is 7.02. The Morgan fingerprint density at radius 2 is 1.38 bits per heavy atom. The summed E-state index contributed by atoms with van der Waals surface area (Å²) in [7, 11) is 4.34. The summed E-state index contributed by atoms with van der Waals surface area (Å²) in [6, 6.07) is 7.68. The van der Waals surface area contributed by atoms with Gasteiger partial charge in [0.25, 0.3) is 5.91 Å². The lowest BCUT2D eigenvalue weighted by atomic mass is 10.0. The summed E-state index contributed by atoms with van der Waals surface area (Å²) < 4.78 is 32.6. The Hall–Kier alpha value is -3.62. The van der Waals surface area contributed by atoms with Crippen LogP contribution in [0, 0.1) is 0 Å². The van der Waals surface area contributed by atoms with Crippen molar-refractivity contribution >= 4 is 11.9 Å². The first-order valence-electron chi connectivity index (χ1n) is 11.1. The number of carbonyl (C=O) groups excluding carboxylic acids is 2. The van der Waals surface area contributed by atoms with Crippen LogP contribution in [0.4, 0.5) is 0 Å². The molecule has 1 amide bonds. The fourth-order valence-electron chi connectivity index (χ4n) is 3.33. The molecule has 0 aliphatic heterocycles. The van der Waals surface area contributed by atoms with Crippen molar-refractivity contribution in [1.82, 2.24) is 5.32 Å². The number of rotatable bonds is 13. The Kier molecular flexibility index (Phi) is 10.3. The molecule has 0 aromatic heterocycles. The van der Waals surface area contributed by atoms with Crippen molar-refractivity contribution < 1.29 is 38.0 Å². The molecule has 2 aromatic rings. The van der Waals surface area contributed by atoms with E-state index in [4.69, 9.17) is 28.4 Å². The maximum Gasteiger partial charge on any atom is 0.307 e. The van der Waals surface area contributed by atoms with Crippen LogP contribution in [0.5, 0.6) is 28.7 Å². The highest BCUT2D eigenvalue weighted by molar-refractivity contribution is 5.96. The molecule has 34 heavy (non-hydrogen) atoms. The summed E-state index contributed by atoms with van der Waals surface area (Å²) in [5.74, 6) is 1.34. The first kappa shape index (κ1) is 26.6. The average molecular weight is 476 g/mol. The first-order chi connectivity index (χ1) is 16.4. The lowest BCUT2D eigenvalue weighted by Gasteiger charge is -2.21. The fraction of sp³-hybridized carbons (Fsp3) is 0.440. The fourth-order valence-corrected chi connectivity index (χ4v) is 3.33. The summed E-state index contributed by atoms with van der Waals surface area (Å²) in [5, 5.41) is 2.91. The monoisotopic (exact) mass is 475 g/mol. The quantitative estimate of drug-likeness (QED) is 0.435. The van der Waals surface area contributed by atoms with Crippen molar-refractivity contribution in [1.29, 1.82) is 0 Å². The van der Waals surface area contributed by atoms with Crippen LogP contribution in [0.25, 0.3) is 0 Å². The van der Waals surface area contributed by atoms with Gasteiger partial charge in [-0.2, -0.15) is 0 Å². The van der Waals surface area contributed by atoms with Crippen LogP contribution < -0.4 is 29.0 Å². The number of amides is 1. The zero-order valence-electron chi connectivity index (χ0n) is 20.6. The van der Waals surface area contributed by atoms with Crippen LogP contribution in [0.2, 0.25) is 0 Å². The third-order valence-electron chi connectivity index (χ3n) is 4.89. The van der Waals surface area contributed by atoms with Gasteiger partial charge in [-0.15, -0.1) is 0 Å². The number of ether oxygens (including phenoxy) is 6. The van der Waals surface area contributed by atoms with Gasteiger partial charge in [-0.05, 0) is 50.6 Å². The predicted molar refractivity (Wildman–Crippen MR) is 126 cm³/mol. The Labute approximate surface area is 200 Å². The Morgan fingerprint density at radius 3 is 1.88 bits per heavy atom. The second kappa shape index (κ2) is 13.2. The standard InChI is InChI=1S/C25H33NO8/c1-7-32-21-13-17(14-22(33-8-2)24(21)34-9-3)25(28)26-18(15-23(27)31-6)16-10-11-19(29-4)20(12-16)30-5/h10-14,18H,7-9,15H2,1-6H3,(H,26,28). The first-order valence-corrected chi connectivity index (χ1v) is 11.1. The number of hydrogen-bond acceptors (Lipinski definition) is 8. The van der Waals surface area contributed by atoms with Crippen LogP contribution in [0.3, 0.4) is 0 Å². The molecule has 0 aliphatic carbocycles. The predicted octanol–water partition coefficient (Wildman–Crippen LogP) is 3.93. The molecule has 186 valence electrons. The highest BCUT2D eigenvalue weighted by Gasteiger charge is 2.24. The van der Waals surface area contributed by atoms with Gasteiger partial charge in [0.1, 0.15) is 0 Å². The molecule has 9 heteroatoms. The van der Waals surface area contributed by atoms with Gasteiger partial charge in [-0.1, -0.05) is 6.07 Å². The lowest BCUT2D eigenvalue weighted by Crippen LogP contribution is -2.30. The smallest absolute Gasteiger partial charge is 0.307 e. The highest BCUT2D eigenvalue weighted by atomic mass is 16.5. The van der Waals surface area contributed by atoms with E-state index in [1.165, 1.54) is 21.3 Å². The molecule has 2 aromatic carbocycles. The van der Waals surface area contributed by atoms with Crippen LogP contribution in [-0.4, -0.2) is 53.0 Å². The minimum Gasteiger partial charge on any atom is -0.493 e. The van der Waals surface area contributed by atoms with E-state index in [1.54, 1.807) is 30.3 Å². The molecule has 1 atom stereocenters. The number of esters is 1. The SMILES string of the molecule is CCOc1cc(C(=O)NC(CC(=O)OC)c2ccc(OC)c(OC)c2)cc(OCC)c1OCC. The maximum atomic E-state index is 13.3. The number of benzene rings is 2. The van der Waals surface area contributed by atoms with Crippen molar-refractivity contribution in [2.45, 2.75) is 33.2 Å².